The second-order valence-electron chi connectivity index (χ2n) is 5.12. The molecule has 3 aromatic carbocycles. The minimum Gasteiger partial charge on any atom is -0.489 e. The Balaban J connectivity index is 1.81. The number of benzene rings is 3. The molecule has 1 nitrogen and oxygen atoms in total. The molecule has 0 radical (unpaired) electrons. The zero-order chi connectivity index (χ0) is 14.5. The molecule has 0 bridgehead atoms. The lowest BCUT2D eigenvalue weighted by atomic mass is 10.0. The van der Waals surface area contributed by atoms with E-state index in [1.54, 1.807) is 0 Å². The molecule has 3 rings (SSSR count). The molecule has 0 amide bonds. The predicted octanol–water partition coefficient (Wildman–Crippen LogP) is 5.24. The van der Waals surface area contributed by atoms with Gasteiger partial charge in [-0.1, -0.05) is 66.7 Å². The summed E-state index contributed by atoms with van der Waals surface area (Å²) >= 11 is 0. The molecule has 0 saturated carbocycles. The van der Waals surface area contributed by atoms with E-state index in [9.17, 15) is 0 Å². The number of hydrogen-bond donors (Lipinski definition) is 0. The van der Waals surface area contributed by atoms with Crippen LogP contribution in [-0.2, 0) is 6.61 Å². The smallest absolute Gasteiger partial charge is 0.120 e. The fourth-order valence-corrected chi connectivity index (χ4v) is 2.36. The van der Waals surface area contributed by atoms with Gasteiger partial charge in [0.15, 0.2) is 0 Å². The predicted molar refractivity (Wildman–Crippen MR) is 87.4 cm³/mol. The summed E-state index contributed by atoms with van der Waals surface area (Å²) in [5.74, 6) is 0.906. The summed E-state index contributed by atoms with van der Waals surface area (Å²) in [6, 6.07) is 26.9. The fourth-order valence-electron chi connectivity index (χ4n) is 2.36. The molecule has 3 aromatic rings. The van der Waals surface area contributed by atoms with Gasteiger partial charge in [0.25, 0.3) is 0 Å². The second kappa shape index (κ2) is 6.27. The van der Waals surface area contributed by atoms with E-state index in [0.29, 0.717) is 6.61 Å². The molecule has 0 aliphatic rings. The van der Waals surface area contributed by atoms with Crippen LogP contribution in [0, 0.1) is 6.92 Å². The summed E-state index contributed by atoms with van der Waals surface area (Å²) in [5, 5.41) is 0. The standard InChI is InChI=1S/C20H18O/c1-16-12-13-19(21-15-17-8-4-2-5-9-17)14-20(16)18-10-6-3-7-11-18/h2-14H,15H2,1H3. The van der Waals surface area contributed by atoms with Gasteiger partial charge in [-0.05, 0) is 41.3 Å². The van der Waals surface area contributed by atoms with Crippen LogP contribution in [0.25, 0.3) is 11.1 Å². The van der Waals surface area contributed by atoms with Gasteiger partial charge in [0, 0.05) is 0 Å². The first-order chi connectivity index (χ1) is 10.3. The topological polar surface area (TPSA) is 9.23 Å². The van der Waals surface area contributed by atoms with E-state index in [-0.39, 0.29) is 0 Å². The van der Waals surface area contributed by atoms with Crippen LogP contribution >= 0.6 is 0 Å². The maximum Gasteiger partial charge on any atom is 0.120 e. The van der Waals surface area contributed by atoms with Crippen molar-refractivity contribution >= 4 is 0 Å². The van der Waals surface area contributed by atoms with Crippen molar-refractivity contribution in [2.24, 2.45) is 0 Å². The van der Waals surface area contributed by atoms with Crippen LogP contribution in [0.15, 0.2) is 78.9 Å². The number of aryl methyl sites for hydroxylation is 1. The van der Waals surface area contributed by atoms with E-state index >= 15 is 0 Å². The number of ether oxygens (including phenoxy) is 1. The summed E-state index contributed by atoms with van der Waals surface area (Å²) in [7, 11) is 0. The van der Waals surface area contributed by atoms with Gasteiger partial charge in [0.05, 0.1) is 0 Å². The molecule has 0 unspecified atom stereocenters. The Kier molecular flexibility index (Phi) is 4.02. The van der Waals surface area contributed by atoms with Crippen LogP contribution in [0.4, 0.5) is 0 Å². The lowest BCUT2D eigenvalue weighted by Crippen LogP contribution is -1.95. The Hall–Kier alpha value is -2.54. The van der Waals surface area contributed by atoms with Crippen LogP contribution < -0.4 is 4.74 Å². The molecule has 21 heavy (non-hydrogen) atoms. The Labute approximate surface area is 125 Å². The number of rotatable bonds is 4. The van der Waals surface area contributed by atoms with Crippen LogP contribution in [-0.4, -0.2) is 0 Å². The largest absolute Gasteiger partial charge is 0.489 e. The quantitative estimate of drug-likeness (QED) is 0.632. The average Bonchev–Trinajstić information content (AvgIpc) is 2.56. The normalized spacial score (nSPS) is 10.3. The third-order valence-corrected chi connectivity index (χ3v) is 3.54. The zero-order valence-corrected chi connectivity index (χ0v) is 12.1. The first kappa shape index (κ1) is 13.4. The van der Waals surface area contributed by atoms with Crippen molar-refractivity contribution in [2.45, 2.75) is 13.5 Å². The molecule has 1 heteroatoms. The molecule has 0 atom stereocenters. The van der Waals surface area contributed by atoms with E-state index in [2.05, 4.69) is 55.5 Å². The molecular weight excluding hydrogens is 256 g/mol. The van der Waals surface area contributed by atoms with E-state index in [4.69, 9.17) is 4.74 Å². The van der Waals surface area contributed by atoms with Crippen LogP contribution in [0.2, 0.25) is 0 Å². The molecule has 0 heterocycles. The third kappa shape index (κ3) is 3.32. The molecule has 0 fully saturated rings. The lowest BCUT2D eigenvalue weighted by Gasteiger charge is -2.11. The zero-order valence-electron chi connectivity index (χ0n) is 12.1. The summed E-state index contributed by atoms with van der Waals surface area (Å²) in [4.78, 5) is 0. The highest BCUT2D eigenvalue weighted by atomic mass is 16.5. The van der Waals surface area contributed by atoms with E-state index in [1.807, 2.05) is 30.3 Å². The molecule has 0 aliphatic heterocycles. The summed E-state index contributed by atoms with van der Waals surface area (Å²) < 4.78 is 5.91. The highest BCUT2D eigenvalue weighted by Crippen LogP contribution is 2.27. The van der Waals surface area contributed by atoms with Gasteiger partial charge in [-0.3, -0.25) is 0 Å². The highest BCUT2D eigenvalue weighted by Gasteiger charge is 2.04. The minimum absolute atomic E-state index is 0.595. The molecular formula is C20H18O. The Bertz CT molecular complexity index is 702. The van der Waals surface area contributed by atoms with Gasteiger partial charge in [-0.2, -0.15) is 0 Å². The van der Waals surface area contributed by atoms with Gasteiger partial charge in [-0.15, -0.1) is 0 Å². The lowest BCUT2D eigenvalue weighted by molar-refractivity contribution is 0.306. The summed E-state index contributed by atoms with van der Waals surface area (Å²) in [6.07, 6.45) is 0. The van der Waals surface area contributed by atoms with E-state index in [0.717, 1.165) is 5.75 Å². The first-order valence-corrected chi connectivity index (χ1v) is 7.16. The van der Waals surface area contributed by atoms with Crippen molar-refractivity contribution in [3.8, 4) is 16.9 Å². The Morgan fingerprint density at radius 2 is 1.43 bits per heavy atom. The van der Waals surface area contributed by atoms with Gasteiger partial charge >= 0.3 is 0 Å². The van der Waals surface area contributed by atoms with Crippen LogP contribution in [0.5, 0.6) is 5.75 Å². The second-order valence-corrected chi connectivity index (χ2v) is 5.12. The maximum absolute atomic E-state index is 5.91. The fraction of sp³-hybridized carbons (Fsp3) is 0.100. The first-order valence-electron chi connectivity index (χ1n) is 7.16. The SMILES string of the molecule is Cc1ccc(OCc2ccccc2)cc1-c1ccccc1. The molecule has 0 saturated heterocycles. The molecule has 0 aromatic heterocycles. The summed E-state index contributed by atoms with van der Waals surface area (Å²) in [6.45, 7) is 2.72. The molecule has 0 aliphatic carbocycles. The average molecular weight is 274 g/mol. The van der Waals surface area contributed by atoms with Crippen molar-refractivity contribution in [3.63, 3.8) is 0 Å². The van der Waals surface area contributed by atoms with Crippen molar-refractivity contribution in [1.29, 1.82) is 0 Å². The minimum atomic E-state index is 0.595. The van der Waals surface area contributed by atoms with Gasteiger partial charge in [0.2, 0.25) is 0 Å². The van der Waals surface area contributed by atoms with Crippen molar-refractivity contribution in [2.75, 3.05) is 0 Å². The van der Waals surface area contributed by atoms with E-state index < -0.39 is 0 Å². The third-order valence-electron chi connectivity index (χ3n) is 3.54. The number of hydrogen-bond acceptors (Lipinski definition) is 1. The maximum atomic E-state index is 5.91. The summed E-state index contributed by atoms with van der Waals surface area (Å²) in [5.41, 5.74) is 4.88. The molecule has 0 spiro atoms. The van der Waals surface area contributed by atoms with Crippen molar-refractivity contribution < 1.29 is 4.74 Å². The van der Waals surface area contributed by atoms with Crippen LogP contribution in [0.1, 0.15) is 11.1 Å². The molecule has 104 valence electrons. The molecule has 0 N–H and O–H groups in total. The Morgan fingerprint density at radius 1 is 0.762 bits per heavy atom. The van der Waals surface area contributed by atoms with Gasteiger partial charge in [0.1, 0.15) is 12.4 Å². The van der Waals surface area contributed by atoms with Gasteiger partial charge < -0.3 is 4.74 Å². The Morgan fingerprint density at radius 3 is 2.14 bits per heavy atom. The van der Waals surface area contributed by atoms with Gasteiger partial charge in [-0.25, -0.2) is 0 Å². The highest BCUT2D eigenvalue weighted by molar-refractivity contribution is 5.68. The van der Waals surface area contributed by atoms with E-state index in [1.165, 1.54) is 22.3 Å². The van der Waals surface area contributed by atoms with Crippen LogP contribution in [0.3, 0.4) is 0 Å². The van der Waals surface area contributed by atoms with Crippen molar-refractivity contribution in [1.82, 2.24) is 0 Å². The monoisotopic (exact) mass is 274 g/mol. The van der Waals surface area contributed by atoms with Crippen molar-refractivity contribution in [3.05, 3.63) is 90.0 Å².